The topological polar surface area (TPSA) is 59.0 Å². The lowest BCUT2D eigenvalue weighted by atomic mass is 10.00. The van der Waals surface area contributed by atoms with Crippen molar-refractivity contribution in [1.82, 2.24) is 0 Å². The third-order valence-electron chi connectivity index (χ3n) is 1.51. The Kier molecular flexibility index (Phi) is 4.88. The molecule has 0 fully saturated rings. The van der Waals surface area contributed by atoms with Gasteiger partial charge in [-0.25, -0.2) is 0 Å². The van der Waals surface area contributed by atoms with Gasteiger partial charge in [-0.05, 0) is 19.8 Å². The minimum atomic E-state index is -4.29. The van der Waals surface area contributed by atoms with E-state index < -0.39 is 18.3 Å². The first-order valence-electron chi connectivity index (χ1n) is 4.11. The SMILES string of the molecule is CC(N)(C#N)CCCOCC(F)(F)F. The van der Waals surface area contributed by atoms with Crippen molar-refractivity contribution in [2.45, 2.75) is 31.5 Å². The monoisotopic (exact) mass is 210 g/mol. The lowest BCUT2D eigenvalue weighted by Gasteiger charge is -2.14. The fourth-order valence-electron chi connectivity index (χ4n) is 0.785. The van der Waals surface area contributed by atoms with Crippen LogP contribution in [0.4, 0.5) is 13.2 Å². The molecule has 1 atom stereocenters. The molecule has 1 unspecified atom stereocenters. The Labute approximate surface area is 80.6 Å². The number of nitrogens with two attached hydrogens (primary N) is 1. The second kappa shape index (κ2) is 5.17. The minimum Gasteiger partial charge on any atom is -0.372 e. The standard InChI is InChI=1S/C8H13F3N2O/c1-7(13,5-12)3-2-4-14-6-8(9,10)11/h2-4,6,13H2,1H3. The van der Waals surface area contributed by atoms with Gasteiger partial charge in [0.15, 0.2) is 0 Å². The Morgan fingerprint density at radius 2 is 2.00 bits per heavy atom. The Balaban J connectivity index is 3.45. The summed E-state index contributed by atoms with van der Waals surface area (Å²) in [7, 11) is 0. The van der Waals surface area contributed by atoms with Gasteiger partial charge in [0.1, 0.15) is 12.1 Å². The maximum absolute atomic E-state index is 11.6. The summed E-state index contributed by atoms with van der Waals surface area (Å²) in [5.41, 5.74) is 4.46. The Morgan fingerprint density at radius 1 is 1.43 bits per heavy atom. The first kappa shape index (κ1) is 13.2. The number of ether oxygens (including phenoxy) is 1. The third kappa shape index (κ3) is 7.83. The van der Waals surface area contributed by atoms with Crippen LogP contribution in [0.5, 0.6) is 0 Å². The lowest BCUT2D eigenvalue weighted by Crippen LogP contribution is -2.34. The van der Waals surface area contributed by atoms with Crippen molar-refractivity contribution < 1.29 is 17.9 Å². The van der Waals surface area contributed by atoms with E-state index in [-0.39, 0.29) is 6.61 Å². The molecule has 0 aromatic rings. The molecule has 3 nitrogen and oxygen atoms in total. The van der Waals surface area contributed by atoms with Crippen molar-refractivity contribution in [3.8, 4) is 6.07 Å². The molecule has 14 heavy (non-hydrogen) atoms. The average Bonchev–Trinajstić information content (AvgIpc) is 2.01. The maximum Gasteiger partial charge on any atom is 0.411 e. The van der Waals surface area contributed by atoms with Gasteiger partial charge in [-0.15, -0.1) is 0 Å². The number of hydrogen-bond donors (Lipinski definition) is 1. The van der Waals surface area contributed by atoms with Crippen molar-refractivity contribution in [1.29, 1.82) is 5.26 Å². The zero-order valence-corrected chi connectivity index (χ0v) is 7.90. The fourth-order valence-corrected chi connectivity index (χ4v) is 0.785. The highest BCUT2D eigenvalue weighted by Gasteiger charge is 2.27. The fraction of sp³-hybridized carbons (Fsp3) is 0.875. The third-order valence-corrected chi connectivity index (χ3v) is 1.51. The molecule has 0 radical (unpaired) electrons. The molecule has 0 heterocycles. The van der Waals surface area contributed by atoms with Crippen LogP contribution in [0.1, 0.15) is 19.8 Å². The number of alkyl halides is 3. The van der Waals surface area contributed by atoms with E-state index in [4.69, 9.17) is 11.0 Å². The molecule has 0 saturated carbocycles. The number of nitriles is 1. The zero-order chi connectivity index (χ0) is 11.2. The first-order valence-corrected chi connectivity index (χ1v) is 4.11. The molecule has 2 N–H and O–H groups in total. The second-order valence-corrected chi connectivity index (χ2v) is 3.30. The summed E-state index contributed by atoms with van der Waals surface area (Å²) in [6.07, 6.45) is -3.63. The van der Waals surface area contributed by atoms with Gasteiger partial charge in [-0.2, -0.15) is 18.4 Å². The van der Waals surface area contributed by atoms with Crippen LogP contribution in [0.2, 0.25) is 0 Å². The zero-order valence-electron chi connectivity index (χ0n) is 7.90. The predicted octanol–water partition coefficient (Wildman–Crippen LogP) is 1.59. The van der Waals surface area contributed by atoms with Gasteiger partial charge in [0.25, 0.3) is 0 Å². The highest BCUT2D eigenvalue weighted by Crippen LogP contribution is 2.15. The van der Waals surface area contributed by atoms with Gasteiger partial charge in [-0.1, -0.05) is 0 Å². The first-order chi connectivity index (χ1) is 6.27. The van der Waals surface area contributed by atoms with Crippen LogP contribution in [0.3, 0.4) is 0 Å². The Morgan fingerprint density at radius 3 is 2.43 bits per heavy atom. The highest BCUT2D eigenvalue weighted by atomic mass is 19.4. The quantitative estimate of drug-likeness (QED) is 0.701. The second-order valence-electron chi connectivity index (χ2n) is 3.30. The number of rotatable bonds is 5. The summed E-state index contributed by atoms with van der Waals surface area (Å²) in [4.78, 5) is 0. The van der Waals surface area contributed by atoms with Crippen molar-refractivity contribution in [3.63, 3.8) is 0 Å². The van der Waals surface area contributed by atoms with Crippen LogP contribution in [0.15, 0.2) is 0 Å². The van der Waals surface area contributed by atoms with Gasteiger partial charge in [0.2, 0.25) is 0 Å². The molecule has 82 valence electrons. The van der Waals surface area contributed by atoms with Gasteiger partial charge in [0, 0.05) is 6.61 Å². The largest absolute Gasteiger partial charge is 0.411 e. The normalized spacial score (nSPS) is 16.0. The van der Waals surface area contributed by atoms with Crippen LogP contribution in [-0.2, 0) is 4.74 Å². The summed E-state index contributed by atoms with van der Waals surface area (Å²) in [5.74, 6) is 0. The van der Waals surface area contributed by atoms with Crippen LogP contribution >= 0.6 is 0 Å². The van der Waals surface area contributed by atoms with Crippen LogP contribution in [0.25, 0.3) is 0 Å². The van der Waals surface area contributed by atoms with E-state index in [9.17, 15) is 13.2 Å². The van der Waals surface area contributed by atoms with E-state index in [1.807, 2.05) is 6.07 Å². The van der Waals surface area contributed by atoms with Crippen LogP contribution in [0, 0.1) is 11.3 Å². The molecule has 6 heteroatoms. The summed E-state index contributed by atoms with van der Waals surface area (Å²) < 4.78 is 39.1. The summed E-state index contributed by atoms with van der Waals surface area (Å²) >= 11 is 0. The smallest absolute Gasteiger partial charge is 0.372 e. The van der Waals surface area contributed by atoms with Crippen LogP contribution in [-0.4, -0.2) is 24.9 Å². The Hall–Kier alpha value is -0.800. The summed E-state index contributed by atoms with van der Waals surface area (Å²) in [6, 6.07) is 1.85. The molecular formula is C8H13F3N2O. The van der Waals surface area contributed by atoms with E-state index in [1.165, 1.54) is 6.92 Å². The van der Waals surface area contributed by atoms with Gasteiger partial charge < -0.3 is 10.5 Å². The van der Waals surface area contributed by atoms with Gasteiger partial charge >= 0.3 is 6.18 Å². The van der Waals surface area contributed by atoms with E-state index >= 15 is 0 Å². The molecule has 0 aliphatic heterocycles. The van der Waals surface area contributed by atoms with E-state index in [2.05, 4.69) is 4.74 Å². The molecule has 0 aromatic carbocycles. The van der Waals surface area contributed by atoms with E-state index in [0.717, 1.165) is 0 Å². The molecule has 0 rings (SSSR count). The average molecular weight is 210 g/mol. The molecule has 0 aliphatic carbocycles. The number of hydrogen-bond acceptors (Lipinski definition) is 3. The van der Waals surface area contributed by atoms with Crippen molar-refractivity contribution in [2.75, 3.05) is 13.2 Å². The molecule has 0 amide bonds. The minimum absolute atomic E-state index is 0.0337. The highest BCUT2D eigenvalue weighted by molar-refractivity contribution is 5.00. The predicted molar refractivity (Wildman–Crippen MR) is 44.3 cm³/mol. The molecule has 0 saturated heterocycles. The van der Waals surface area contributed by atoms with E-state index in [1.54, 1.807) is 0 Å². The van der Waals surface area contributed by atoms with Gasteiger partial charge in [-0.3, -0.25) is 0 Å². The van der Waals surface area contributed by atoms with Gasteiger partial charge in [0.05, 0.1) is 6.07 Å². The van der Waals surface area contributed by atoms with E-state index in [0.29, 0.717) is 12.8 Å². The van der Waals surface area contributed by atoms with Crippen molar-refractivity contribution in [3.05, 3.63) is 0 Å². The molecule has 0 aromatic heterocycles. The molecular weight excluding hydrogens is 197 g/mol. The number of nitrogens with zero attached hydrogens (tertiary/aromatic N) is 1. The summed E-state index contributed by atoms with van der Waals surface area (Å²) in [6.45, 7) is 0.242. The molecule has 0 aliphatic rings. The Bertz CT molecular complexity index is 208. The van der Waals surface area contributed by atoms with Crippen LogP contribution < -0.4 is 5.73 Å². The molecule has 0 bridgehead atoms. The van der Waals surface area contributed by atoms with Crippen molar-refractivity contribution in [2.24, 2.45) is 5.73 Å². The summed E-state index contributed by atoms with van der Waals surface area (Å²) in [5, 5.41) is 8.48. The lowest BCUT2D eigenvalue weighted by molar-refractivity contribution is -0.174. The number of halogens is 3. The maximum atomic E-state index is 11.6. The molecule has 0 spiro atoms. The van der Waals surface area contributed by atoms with Crippen molar-refractivity contribution >= 4 is 0 Å².